The van der Waals surface area contributed by atoms with Crippen molar-refractivity contribution in [2.75, 3.05) is 0 Å². The Bertz CT molecular complexity index is 1580. The highest BCUT2D eigenvalue weighted by Gasteiger charge is 2.38. The Morgan fingerprint density at radius 1 is 0.886 bits per heavy atom. The van der Waals surface area contributed by atoms with Gasteiger partial charge in [0.25, 0.3) is 16.9 Å². The Labute approximate surface area is 193 Å². The highest BCUT2D eigenvalue weighted by molar-refractivity contribution is 5.80. The summed E-state index contributed by atoms with van der Waals surface area (Å²) in [7, 11) is 0. The Morgan fingerprint density at radius 3 is 2.31 bits per heavy atom. The van der Waals surface area contributed by atoms with Gasteiger partial charge in [0.15, 0.2) is 0 Å². The molecule has 0 atom stereocenters. The van der Waals surface area contributed by atoms with Gasteiger partial charge in [-0.15, -0.1) is 0 Å². The van der Waals surface area contributed by atoms with Crippen molar-refractivity contribution in [3.05, 3.63) is 114 Å². The van der Waals surface area contributed by atoms with E-state index in [-0.39, 0.29) is 28.1 Å². The van der Waals surface area contributed by atoms with Crippen LogP contribution in [0.15, 0.2) is 71.5 Å². The number of aromatic nitrogens is 2. The maximum absolute atomic E-state index is 13.6. The number of non-ortho nitro benzene ring substituents is 1. The number of hydrogen-bond donors (Lipinski definition) is 0. The number of nitro benzene ring substituents is 2. The van der Waals surface area contributed by atoms with Crippen molar-refractivity contribution in [1.82, 2.24) is 9.55 Å². The Hall–Kier alpha value is -4.87. The second-order valence-corrected chi connectivity index (χ2v) is 7.27. The van der Waals surface area contributed by atoms with Crippen LogP contribution in [0.1, 0.15) is 17.0 Å². The standard InChI is InChI=1S/C23H13F3N4O5/c24-23(25,26)18-13-15(9-10-20(18)30(34)35)28-21(27-19-7-2-1-6-17(19)22(28)31)11-8-14-4-3-5-16(12-14)29(32)33/h1-13H/b11-8-. The summed E-state index contributed by atoms with van der Waals surface area (Å²) in [5.74, 6) is -0.0813. The lowest BCUT2D eigenvalue weighted by molar-refractivity contribution is -0.388. The number of para-hydroxylation sites is 1. The summed E-state index contributed by atoms with van der Waals surface area (Å²) < 4.78 is 41.6. The van der Waals surface area contributed by atoms with Crippen molar-refractivity contribution in [2.45, 2.75) is 6.18 Å². The van der Waals surface area contributed by atoms with Gasteiger partial charge in [-0.05, 0) is 35.9 Å². The largest absolute Gasteiger partial charge is 0.423 e. The van der Waals surface area contributed by atoms with E-state index in [9.17, 15) is 38.2 Å². The van der Waals surface area contributed by atoms with Gasteiger partial charge in [-0.2, -0.15) is 13.2 Å². The molecule has 176 valence electrons. The van der Waals surface area contributed by atoms with Gasteiger partial charge in [0.1, 0.15) is 11.4 Å². The third kappa shape index (κ3) is 4.62. The highest BCUT2D eigenvalue weighted by atomic mass is 19.4. The lowest BCUT2D eigenvalue weighted by Crippen LogP contribution is -2.23. The van der Waals surface area contributed by atoms with Gasteiger partial charge in [-0.25, -0.2) is 4.98 Å². The molecule has 3 aromatic carbocycles. The fourth-order valence-electron chi connectivity index (χ4n) is 3.47. The summed E-state index contributed by atoms with van der Waals surface area (Å²) >= 11 is 0. The molecule has 35 heavy (non-hydrogen) atoms. The van der Waals surface area contributed by atoms with Gasteiger partial charge in [0.05, 0.1) is 26.4 Å². The van der Waals surface area contributed by atoms with Gasteiger partial charge in [0.2, 0.25) is 0 Å². The van der Waals surface area contributed by atoms with Crippen LogP contribution in [0.3, 0.4) is 0 Å². The van der Waals surface area contributed by atoms with E-state index in [1.54, 1.807) is 24.3 Å². The summed E-state index contributed by atoms with van der Waals surface area (Å²) in [6, 6.07) is 14.0. The molecular formula is C23H13F3N4O5. The molecule has 0 aliphatic heterocycles. The van der Waals surface area contributed by atoms with Crippen LogP contribution in [0.25, 0.3) is 28.7 Å². The Morgan fingerprint density at radius 2 is 1.63 bits per heavy atom. The van der Waals surface area contributed by atoms with E-state index in [4.69, 9.17) is 0 Å². The first-order valence-electron chi connectivity index (χ1n) is 9.86. The van der Waals surface area contributed by atoms with E-state index in [0.29, 0.717) is 17.7 Å². The molecular weight excluding hydrogens is 469 g/mol. The fraction of sp³-hybridized carbons (Fsp3) is 0.0435. The maximum Gasteiger partial charge on any atom is 0.423 e. The Balaban J connectivity index is 1.96. The molecule has 9 nitrogen and oxygen atoms in total. The van der Waals surface area contributed by atoms with Crippen molar-refractivity contribution in [3.63, 3.8) is 0 Å². The molecule has 0 saturated heterocycles. The molecule has 0 amide bonds. The first-order valence-corrected chi connectivity index (χ1v) is 9.86. The van der Waals surface area contributed by atoms with Gasteiger partial charge in [-0.1, -0.05) is 30.3 Å². The lowest BCUT2D eigenvalue weighted by atomic mass is 10.1. The number of alkyl halides is 3. The zero-order valence-corrected chi connectivity index (χ0v) is 17.5. The fourth-order valence-corrected chi connectivity index (χ4v) is 3.47. The van der Waals surface area contributed by atoms with Crippen LogP contribution in [0.5, 0.6) is 0 Å². The topological polar surface area (TPSA) is 121 Å². The molecule has 0 bridgehead atoms. The summed E-state index contributed by atoms with van der Waals surface area (Å²) in [4.78, 5) is 38.0. The first kappa shape index (κ1) is 23.3. The number of nitrogens with zero attached hydrogens (tertiary/aromatic N) is 4. The second-order valence-electron chi connectivity index (χ2n) is 7.27. The van der Waals surface area contributed by atoms with Crippen molar-refractivity contribution < 1.29 is 23.0 Å². The van der Waals surface area contributed by atoms with Crippen molar-refractivity contribution in [3.8, 4) is 5.69 Å². The van der Waals surface area contributed by atoms with Crippen molar-refractivity contribution in [1.29, 1.82) is 0 Å². The van der Waals surface area contributed by atoms with Gasteiger partial charge in [-0.3, -0.25) is 29.6 Å². The minimum atomic E-state index is -5.05. The SMILES string of the molecule is O=c1c2ccccc2nc(/C=C\c2cccc([N+](=O)[O-])c2)n1-c1ccc([N+](=O)[O-])c(C(F)(F)F)c1. The minimum Gasteiger partial charge on any atom is -0.268 e. The average molecular weight is 482 g/mol. The maximum atomic E-state index is 13.6. The number of nitro groups is 2. The molecule has 1 heterocycles. The third-order valence-corrected chi connectivity index (χ3v) is 5.05. The summed E-state index contributed by atoms with van der Waals surface area (Å²) in [6.45, 7) is 0. The van der Waals surface area contributed by atoms with Crippen LogP contribution in [0, 0.1) is 20.2 Å². The smallest absolute Gasteiger partial charge is 0.268 e. The zero-order chi connectivity index (χ0) is 25.3. The van der Waals surface area contributed by atoms with Crippen molar-refractivity contribution >= 4 is 34.4 Å². The van der Waals surface area contributed by atoms with E-state index in [1.165, 1.54) is 36.4 Å². The van der Waals surface area contributed by atoms with Crippen LogP contribution in [-0.2, 0) is 6.18 Å². The summed E-state index contributed by atoms with van der Waals surface area (Å²) in [6.07, 6.45) is -2.32. The molecule has 12 heteroatoms. The van der Waals surface area contributed by atoms with E-state index in [2.05, 4.69) is 4.98 Å². The van der Waals surface area contributed by atoms with Gasteiger partial charge < -0.3 is 0 Å². The van der Waals surface area contributed by atoms with Crippen LogP contribution in [0.2, 0.25) is 0 Å². The molecule has 1 aromatic heterocycles. The van der Waals surface area contributed by atoms with Crippen molar-refractivity contribution in [2.24, 2.45) is 0 Å². The molecule has 0 saturated carbocycles. The van der Waals surface area contributed by atoms with E-state index < -0.39 is 32.8 Å². The molecule has 0 fully saturated rings. The number of hydrogen-bond acceptors (Lipinski definition) is 6. The number of benzene rings is 3. The highest BCUT2D eigenvalue weighted by Crippen LogP contribution is 2.37. The number of rotatable bonds is 5. The molecule has 0 N–H and O–H groups in total. The quantitative estimate of drug-likeness (QED) is 0.278. The molecule has 0 aliphatic carbocycles. The van der Waals surface area contributed by atoms with Crippen LogP contribution in [0.4, 0.5) is 24.5 Å². The molecule has 4 rings (SSSR count). The zero-order valence-electron chi connectivity index (χ0n) is 17.5. The normalized spacial score (nSPS) is 11.7. The monoisotopic (exact) mass is 482 g/mol. The van der Waals surface area contributed by atoms with Crippen LogP contribution < -0.4 is 5.56 Å². The van der Waals surface area contributed by atoms with Gasteiger partial charge in [0, 0.05) is 18.2 Å². The number of halogens is 3. The predicted molar refractivity (Wildman–Crippen MR) is 121 cm³/mol. The van der Waals surface area contributed by atoms with E-state index >= 15 is 0 Å². The second kappa shape index (κ2) is 8.82. The number of fused-ring (bicyclic) bond motifs is 1. The lowest BCUT2D eigenvalue weighted by Gasteiger charge is -2.14. The minimum absolute atomic E-state index is 0.0813. The molecule has 4 aromatic rings. The summed E-state index contributed by atoms with van der Waals surface area (Å²) in [5, 5.41) is 22.3. The van der Waals surface area contributed by atoms with Gasteiger partial charge >= 0.3 is 6.18 Å². The van der Waals surface area contributed by atoms with E-state index in [1.807, 2.05) is 0 Å². The van der Waals surface area contributed by atoms with Crippen LogP contribution in [-0.4, -0.2) is 19.4 Å². The predicted octanol–water partition coefficient (Wildman–Crippen LogP) is 5.39. The first-order chi connectivity index (χ1) is 16.6. The molecule has 0 unspecified atom stereocenters. The average Bonchev–Trinajstić information content (AvgIpc) is 2.82. The molecule has 0 aliphatic rings. The van der Waals surface area contributed by atoms with Crippen LogP contribution >= 0.6 is 0 Å². The van der Waals surface area contributed by atoms with E-state index in [0.717, 1.165) is 10.6 Å². The third-order valence-electron chi connectivity index (χ3n) is 5.05. The Kier molecular flexibility index (Phi) is 5.87. The molecule has 0 radical (unpaired) electrons. The summed E-state index contributed by atoms with van der Waals surface area (Å²) in [5.41, 5.74) is -3.19. The molecule has 0 spiro atoms.